The predicted octanol–water partition coefficient (Wildman–Crippen LogP) is 5.72. The molecule has 3 aromatic carbocycles. The third-order valence-corrected chi connectivity index (χ3v) is 8.69. The maximum Gasteiger partial charge on any atom is 0.124 e. The van der Waals surface area contributed by atoms with Gasteiger partial charge < -0.3 is 34.6 Å². The second-order valence-corrected chi connectivity index (χ2v) is 12.1. The Bertz CT molecular complexity index is 1280. The highest BCUT2D eigenvalue weighted by Gasteiger charge is 2.26. The Hall–Kier alpha value is -3.10. The maximum absolute atomic E-state index is 6.02. The molecule has 1 saturated heterocycles. The van der Waals surface area contributed by atoms with Gasteiger partial charge in [0, 0.05) is 65.2 Å². The molecule has 0 aromatic heterocycles. The van der Waals surface area contributed by atoms with Gasteiger partial charge in [-0.15, -0.1) is 0 Å². The number of anilines is 1. The highest BCUT2D eigenvalue weighted by Crippen LogP contribution is 2.30. The molecule has 43 heavy (non-hydrogen) atoms. The molecule has 0 unspecified atom stereocenters. The Morgan fingerprint density at radius 1 is 1.05 bits per heavy atom. The largest absolute Gasteiger partial charge is 0.496 e. The highest BCUT2D eigenvalue weighted by atomic mass is 16.5. The van der Waals surface area contributed by atoms with Gasteiger partial charge in [0.1, 0.15) is 11.5 Å². The van der Waals surface area contributed by atoms with Crippen molar-refractivity contribution in [1.29, 1.82) is 0 Å². The molecule has 3 aromatic rings. The molecule has 0 saturated carbocycles. The third kappa shape index (κ3) is 8.96. The SMILES string of the molecule is COc1ccccc1COCCCOc1ccc([C@@H]2CCNC[C@@H]2NCc2ccc3c(c2)N(CCN(C)C)CCC3)cc1.[HH].[HH]. The van der Waals surface area contributed by atoms with Crippen LogP contribution in [0.5, 0.6) is 11.5 Å². The van der Waals surface area contributed by atoms with Gasteiger partial charge in [-0.25, -0.2) is 0 Å². The summed E-state index contributed by atoms with van der Waals surface area (Å²) in [6.45, 7) is 8.08. The summed E-state index contributed by atoms with van der Waals surface area (Å²) in [6, 6.07) is 24.2. The van der Waals surface area contributed by atoms with E-state index in [4.69, 9.17) is 14.2 Å². The lowest BCUT2D eigenvalue weighted by Crippen LogP contribution is -2.47. The van der Waals surface area contributed by atoms with Crippen LogP contribution >= 0.6 is 0 Å². The van der Waals surface area contributed by atoms with Crippen LogP contribution in [-0.2, 0) is 24.3 Å². The number of hydrogen-bond acceptors (Lipinski definition) is 7. The number of likely N-dealkylation sites (N-methyl/N-ethyl adjacent to an activating group) is 1. The minimum absolute atomic E-state index is 0. The van der Waals surface area contributed by atoms with E-state index in [0.717, 1.165) is 69.2 Å². The van der Waals surface area contributed by atoms with Crippen LogP contribution in [0.2, 0.25) is 0 Å². The van der Waals surface area contributed by atoms with Crippen LogP contribution in [-0.4, -0.2) is 78.1 Å². The summed E-state index contributed by atoms with van der Waals surface area (Å²) in [5.74, 6) is 2.26. The lowest BCUT2D eigenvalue weighted by molar-refractivity contribution is 0.105. The number of piperidine rings is 1. The lowest BCUT2D eigenvalue weighted by Gasteiger charge is -2.34. The molecule has 2 aliphatic rings. The van der Waals surface area contributed by atoms with Crippen molar-refractivity contribution in [2.45, 2.75) is 50.8 Å². The number of hydrogen-bond donors (Lipinski definition) is 2. The second kappa shape index (κ2) is 16.1. The number of benzene rings is 3. The van der Waals surface area contributed by atoms with Gasteiger partial charge in [-0.3, -0.25) is 0 Å². The van der Waals surface area contributed by atoms with Gasteiger partial charge in [0.15, 0.2) is 0 Å². The van der Waals surface area contributed by atoms with Crippen molar-refractivity contribution in [3.63, 3.8) is 0 Å². The van der Waals surface area contributed by atoms with Gasteiger partial charge in [-0.05, 0) is 80.9 Å². The number of rotatable bonds is 15. The number of ether oxygens (including phenoxy) is 3. The maximum atomic E-state index is 6.02. The normalized spacial score (nSPS) is 18.5. The molecular formula is C36H54N4O3. The van der Waals surface area contributed by atoms with E-state index in [-0.39, 0.29) is 2.85 Å². The fourth-order valence-corrected chi connectivity index (χ4v) is 6.25. The van der Waals surface area contributed by atoms with Crippen molar-refractivity contribution in [2.24, 2.45) is 0 Å². The molecule has 2 N–H and O–H groups in total. The van der Waals surface area contributed by atoms with Crippen molar-refractivity contribution >= 4 is 5.69 Å². The summed E-state index contributed by atoms with van der Waals surface area (Å²) in [5, 5.41) is 7.51. The van der Waals surface area contributed by atoms with E-state index in [1.54, 1.807) is 7.11 Å². The van der Waals surface area contributed by atoms with Gasteiger partial charge in [-0.2, -0.15) is 0 Å². The van der Waals surface area contributed by atoms with E-state index in [2.05, 4.69) is 77.0 Å². The van der Waals surface area contributed by atoms with Crippen LogP contribution in [0.3, 0.4) is 0 Å². The van der Waals surface area contributed by atoms with Crippen LogP contribution in [0.25, 0.3) is 0 Å². The Morgan fingerprint density at radius 3 is 2.74 bits per heavy atom. The molecule has 0 radical (unpaired) electrons. The van der Waals surface area contributed by atoms with Gasteiger partial charge in [0.05, 0.1) is 26.9 Å². The number of fused-ring (bicyclic) bond motifs is 1. The molecule has 2 atom stereocenters. The Morgan fingerprint density at radius 2 is 1.91 bits per heavy atom. The molecule has 0 bridgehead atoms. The van der Waals surface area contributed by atoms with Crippen molar-refractivity contribution in [1.82, 2.24) is 15.5 Å². The minimum atomic E-state index is 0. The van der Waals surface area contributed by atoms with E-state index in [0.29, 0.717) is 31.8 Å². The standard InChI is InChI=1S/C36H50N4O3.2H2/c1-39(2)20-21-40-19-6-9-30-12-11-28(24-35(30)40)25-38-34-26-37-18-17-33(34)29-13-15-32(16-14-29)43-23-7-22-42-27-31-8-4-5-10-36(31)41-3;;/h4-5,8,10-16,24,33-34,37-38H,6-7,9,17-23,25-27H2,1-3H3;2*1H/t33-,34-;;/m0../s1. The van der Waals surface area contributed by atoms with Gasteiger partial charge >= 0.3 is 0 Å². The predicted molar refractivity (Wildman–Crippen MR) is 180 cm³/mol. The van der Waals surface area contributed by atoms with E-state index >= 15 is 0 Å². The zero-order valence-electron chi connectivity index (χ0n) is 26.3. The topological polar surface area (TPSA) is 58.2 Å². The summed E-state index contributed by atoms with van der Waals surface area (Å²) in [7, 11) is 6.00. The molecule has 1 fully saturated rings. The number of para-hydroxylation sites is 1. The van der Waals surface area contributed by atoms with Crippen molar-refractivity contribution in [3.8, 4) is 11.5 Å². The molecule has 5 rings (SSSR count). The van der Waals surface area contributed by atoms with E-state index in [9.17, 15) is 0 Å². The average Bonchev–Trinajstić information content (AvgIpc) is 3.05. The van der Waals surface area contributed by atoms with Crippen molar-refractivity contribution in [3.05, 3.63) is 89.0 Å². The summed E-state index contributed by atoms with van der Waals surface area (Å²) < 4.78 is 17.3. The average molecular weight is 591 g/mol. The summed E-state index contributed by atoms with van der Waals surface area (Å²) >= 11 is 0. The third-order valence-electron chi connectivity index (χ3n) is 8.69. The quantitative estimate of drug-likeness (QED) is 0.220. The van der Waals surface area contributed by atoms with Crippen molar-refractivity contribution < 1.29 is 17.1 Å². The molecule has 236 valence electrons. The Balaban J connectivity index is 0.00000276. The van der Waals surface area contributed by atoms with Crippen LogP contribution in [0.4, 0.5) is 5.69 Å². The first-order valence-corrected chi connectivity index (χ1v) is 16.0. The zero-order valence-corrected chi connectivity index (χ0v) is 26.3. The highest BCUT2D eigenvalue weighted by molar-refractivity contribution is 5.57. The number of methoxy groups -OCH3 is 1. The lowest BCUT2D eigenvalue weighted by atomic mass is 9.86. The fourth-order valence-electron chi connectivity index (χ4n) is 6.25. The van der Waals surface area contributed by atoms with Crippen LogP contribution in [0.15, 0.2) is 66.7 Å². The summed E-state index contributed by atoms with van der Waals surface area (Å²) in [4.78, 5) is 4.85. The first-order valence-electron chi connectivity index (χ1n) is 16.0. The minimum Gasteiger partial charge on any atom is -0.496 e. The molecule has 7 heteroatoms. The van der Waals surface area contributed by atoms with E-state index in [1.807, 2.05) is 24.3 Å². The fraction of sp³-hybridized carbons (Fsp3) is 0.500. The summed E-state index contributed by atoms with van der Waals surface area (Å²) in [5.41, 5.74) is 6.75. The molecule has 0 aliphatic carbocycles. The smallest absolute Gasteiger partial charge is 0.124 e. The second-order valence-electron chi connectivity index (χ2n) is 12.1. The molecule has 2 heterocycles. The summed E-state index contributed by atoms with van der Waals surface area (Å²) in [6.07, 6.45) is 4.40. The Labute approximate surface area is 261 Å². The number of nitrogens with one attached hydrogen (secondary N) is 2. The van der Waals surface area contributed by atoms with E-state index < -0.39 is 0 Å². The van der Waals surface area contributed by atoms with Crippen LogP contribution in [0.1, 0.15) is 50.3 Å². The monoisotopic (exact) mass is 590 g/mol. The molecule has 0 spiro atoms. The first-order chi connectivity index (χ1) is 21.1. The number of aryl methyl sites for hydroxylation is 1. The molecule has 0 amide bonds. The van der Waals surface area contributed by atoms with Crippen molar-refractivity contribution in [2.75, 3.05) is 72.0 Å². The molecule has 2 aliphatic heterocycles. The van der Waals surface area contributed by atoms with Gasteiger partial charge in [0.25, 0.3) is 0 Å². The van der Waals surface area contributed by atoms with Gasteiger partial charge in [-0.1, -0.05) is 42.5 Å². The zero-order chi connectivity index (χ0) is 29.9. The Kier molecular flexibility index (Phi) is 11.7. The van der Waals surface area contributed by atoms with Crippen LogP contribution in [0, 0.1) is 0 Å². The first kappa shape index (κ1) is 31.3. The van der Waals surface area contributed by atoms with E-state index in [1.165, 1.54) is 35.2 Å². The number of nitrogens with zero attached hydrogens (tertiary/aromatic N) is 2. The molecule has 7 nitrogen and oxygen atoms in total. The van der Waals surface area contributed by atoms with Crippen LogP contribution < -0.4 is 25.0 Å². The molecular weight excluding hydrogens is 536 g/mol. The van der Waals surface area contributed by atoms with Gasteiger partial charge in [0.2, 0.25) is 0 Å².